The van der Waals surface area contributed by atoms with E-state index >= 15 is 0 Å². The molecule has 3 aromatic rings. The van der Waals surface area contributed by atoms with Crippen molar-refractivity contribution >= 4 is 17.5 Å². The number of likely N-dealkylation sites (tertiary alicyclic amines) is 1. The Morgan fingerprint density at radius 3 is 2.62 bits per heavy atom. The summed E-state index contributed by atoms with van der Waals surface area (Å²) >= 11 is 6.25. The van der Waals surface area contributed by atoms with Crippen LogP contribution in [0.15, 0.2) is 60.9 Å². The van der Waals surface area contributed by atoms with E-state index in [1.54, 1.807) is 0 Å². The number of hydrogen-bond donors (Lipinski definition) is 0. The zero-order valence-electron chi connectivity index (χ0n) is 21.7. The quantitative estimate of drug-likeness (QED) is 0.346. The SMILES string of the molecule is CCN(CCF)C(C)C1CCN(C(=O)CCC2(c3ccc(Cl)cc3)c3ccccc3-c3nccn32)CC1. The number of nitrogens with zero attached hydrogens (tertiary/aromatic N) is 4. The minimum absolute atomic E-state index is 0.196. The second-order valence-corrected chi connectivity index (χ2v) is 10.7. The maximum absolute atomic E-state index is 13.5. The van der Waals surface area contributed by atoms with Gasteiger partial charge in [0, 0.05) is 55.1 Å². The molecule has 5 rings (SSSR count). The monoisotopic (exact) mass is 522 g/mol. The van der Waals surface area contributed by atoms with Gasteiger partial charge in [0.2, 0.25) is 5.91 Å². The third-order valence-corrected chi connectivity index (χ3v) is 8.87. The van der Waals surface area contributed by atoms with E-state index in [0.717, 1.165) is 49.4 Å². The predicted molar refractivity (Wildman–Crippen MR) is 147 cm³/mol. The van der Waals surface area contributed by atoms with E-state index in [1.165, 1.54) is 5.56 Å². The first-order valence-electron chi connectivity index (χ1n) is 13.5. The average molecular weight is 523 g/mol. The fraction of sp³-hybridized carbons (Fsp3) is 0.467. The number of alkyl halides is 1. The number of rotatable bonds is 9. The molecular formula is C30H36ClFN4O. The molecule has 0 bridgehead atoms. The summed E-state index contributed by atoms with van der Waals surface area (Å²) in [4.78, 5) is 22.4. The number of halogens is 2. The lowest BCUT2D eigenvalue weighted by Crippen LogP contribution is -2.46. The lowest BCUT2D eigenvalue weighted by molar-refractivity contribution is -0.133. The van der Waals surface area contributed by atoms with Crippen molar-refractivity contribution in [3.05, 3.63) is 77.1 Å². The molecule has 0 saturated carbocycles. The van der Waals surface area contributed by atoms with Crippen molar-refractivity contribution in [1.29, 1.82) is 0 Å². The Balaban J connectivity index is 1.34. The topological polar surface area (TPSA) is 41.4 Å². The third kappa shape index (κ3) is 4.70. The van der Waals surface area contributed by atoms with E-state index in [0.29, 0.717) is 36.4 Å². The van der Waals surface area contributed by atoms with Gasteiger partial charge in [-0.1, -0.05) is 54.9 Å². The van der Waals surface area contributed by atoms with Gasteiger partial charge in [0.25, 0.3) is 0 Å². The first kappa shape index (κ1) is 25.9. The van der Waals surface area contributed by atoms with Crippen LogP contribution in [0.25, 0.3) is 11.4 Å². The highest BCUT2D eigenvalue weighted by Crippen LogP contribution is 2.49. The number of aromatic nitrogens is 2. The molecule has 0 aliphatic carbocycles. The van der Waals surface area contributed by atoms with Crippen molar-refractivity contribution in [2.45, 2.75) is 51.1 Å². The van der Waals surface area contributed by atoms with Gasteiger partial charge < -0.3 is 9.47 Å². The number of amides is 1. The van der Waals surface area contributed by atoms with E-state index in [4.69, 9.17) is 11.6 Å². The van der Waals surface area contributed by atoms with Gasteiger partial charge in [0.15, 0.2) is 0 Å². The normalized spacial score (nSPS) is 20.2. The molecule has 0 radical (unpaired) electrons. The van der Waals surface area contributed by atoms with E-state index in [9.17, 15) is 9.18 Å². The second kappa shape index (κ2) is 11.0. The Labute approximate surface area is 224 Å². The summed E-state index contributed by atoms with van der Waals surface area (Å²) in [6.45, 7) is 6.86. The second-order valence-electron chi connectivity index (χ2n) is 10.3. The lowest BCUT2D eigenvalue weighted by Gasteiger charge is -2.40. The van der Waals surface area contributed by atoms with Gasteiger partial charge in [-0.05, 0) is 61.9 Å². The van der Waals surface area contributed by atoms with E-state index < -0.39 is 5.54 Å². The van der Waals surface area contributed by atoms with Gasteiger partial charge in [-0.15, -0.1) is 0 Å². The molecule has 37 heavy (non-hydrogen) atoms. The van der Waals surface area contributed by atoms with Crippen LogP contribution in [0.4, 0.5) is 4.39 Å². The zero-order chi connectivity index (χ0) is 26.0. The number of imidazole rings is 1. The molecule has 2 unspecified atom stereocenters. The minimum Gasteiger partial charge on any atom is -0.343 e. The zero-order valence-corrected chi connectivity index (χ0v) is 22.5. The summed E-state index contributed by atoms with van der Waals surface area (Å²) in [6, 6.07) is 16.7. The highest BCUT2D eigenvalue weighted by Gasteiger charge is 2.45. The van der Waals surface area contributed by atoms with Gasteiger partial charge >= 0.3 is 0 Å². The van der Waals surface area contributed by atoms with E-state index in [1.807, 2.05) is 35.5 Å². The van der Waals surface area contributed by atoms with Crippen LogP contribution in [0.2, 0.25) is 5.02 Å². The number of piperidine rings is 1. The van der Waals surface area contributed by atoms with Crippen molar-refractivity contribution in [2.75, 3.05) is 32.9 Å². The molecule has 1 aromatic heterocycles. The van der Waals surface area contributed by atoms with Gasteiger partial charge in [0.05, 0.1) is 5.54 Å². The molecule has 2 aliphatic heterocycles. The van der Waals surface area contributed by atoms with Crippen LogP contribution in [0.3, 0.4) is 0 Å². The molecule has 2 aliphatic rings. The summed E-state index contributed by atoms with van der Waals surface area (Å²) in [7, 11) is 0. The summed E-state index contributed by atoms with van der Waals surface area (Å²) in [6.07, 6.45) is 6.88. The van der Waals surface area contributed by atoms with E-state index in [2.05, 4.69) is 58.6 Å². The highest BCUT2D eigenvalue weighted by atomic mass is 35.5. The molecule has 0 N–H and O–H groups in total. The molecule has 2 atom stereocenters. The summed E-state index contributed by atoms with van der Waals surface area (Å²) in [5, 5.41) is 0.692. The van der Waals surface area contributed by atoms with Gasteiger partial charge in [-0.25, -0.2) is 9.37 Å². The van der Waals surface area contributed by atoms with Crippen LogP contribution in [0, 0.1) is 5.92 Å². The maximum atomic E-state index is 13.5. The molecule has 0 spiro atoms. The van der Waals surface area contributed by atoms with Crippen LogP contribution in [0.5, 0.6) is 0 Å². The highest BCUT2D eigenvalue weighted by molar-refractivity contribution is 6.30. The largest absolute Gasteiger partial charge is 0.343 e. The average Bonchev–Trinajstić information content (AvgIpc) is 3.52. The Kier molecular flexibility index (Phi) is 7.68. The summed E-state index contributed by atoms with van der Waals surface area (Å²) in [5.74, 6) is 1.62. The van der Waals surface area contributed by atoms with Gasteiger partial charge in [-0.3, -0.25) is 9.69 Å². The van der Waals surface area contributed by atoms with Crippen LogP contribution >= 0.6 is 11.6 Å². The number of hydrogen-bond acceptors (Lipinski definition) is 3. The Morgan fingerprint density at radius 2 is 1.92 bits per heavy atom. The summed E-state index contributed by atoms with van der Waals surface area (Å²) in [5.41, 5.74) is 2.88. The van der Waals surface area contributed by atoms with Crippen molar-refractivity contribution < 1.29 is 9.18 Å². The van der Waals surface area contributed by atoms with Crippen LogP contribution in [-0.4, -0.2) is 64.2 Å². The number of carbonyl (C=O) groups is 1. The van der Waals surface area contributed by atoms with Crippen LogP contribution < -0.4 is 0 Å². The molecule has 196 valence electrons. The van der Waals surface area contributed by atoms with Gasteiger partial charge in [-0.2, -0.15) is 0 Å². The van der Waals surface area contributed by atoms with Gasteiger partial charge in [0.1, 0.15) is 12.5 Å². The number of carbonyl (C=O) groups excluding carboxylic acids is 1. The van der Waals surface area contributed by atoms with Crippen molar-refractivity contribution in [3.8, 4) is 11.4 Å². The van der Waals surface area contributed by atoms with Crippen molar-refractivity contribution in [3.63, 3.8) is 0 Å². The Hall–Kier alpha value is -2.70. The minimum atomic E-state index is -0.510. The first-order chi connectivity index (χ1) is 18.0. The molecule has 1 fully saturated rings. The molecular weight excluding hydrogens is 487 g/mol. The Morgan fingerprint density at radius 1 is 1.19 bits per heavy atom. The molecule has 1 saturated heterocycles. The predicted octanol–water partition coefficient (Wildman–Crippen LogP) is 6.01. The maximum Gasteiger partial charge on any atom is 0.222 e. The number of fused-ring (bicyclic) bond motifs is 3. The fourth-order valence-electron chi connectivity index (χ4n) is 6.53. The molecule has 5 nitrogen and oxygen atoms in total. The van der Waals surface area contributed by atoms with E-state index in [-0.39, 0.29) is 12.6 Å². The standard InChI is InChI=1S/C30H36ClFN4O/c1-3-34(20-16-32)22(2)23-13-18-35(19-14-23)28(37)12-15-30(24-8-10-25(31)11-9-24)27-7-5-4-6-26(27)29-33-17-21-36(29)30/h4-11,17,21-23H,3,12-16,18-20H2,1-2H3. The van der Waals surface area contributed by atoms with Crippen molar-refractivity contribution in [1.82, 2.24) is 19.4 Å². The Bertz CT molecular complexity index is 1220. The number of benzene rings is 2. The molecule has 3 heterocycles. The third-order valence-electron chi connectivity index (χ3n) is 8.62. The van der Waals surface area contributed by atoms with Crippen LogP contribution in [-0.2, 0) is 10.3 Å². The lowest BCUT2D eigenvalue weighted by atomic mass is 9.79. The fourth-order valence-corrected chi connectivity index (χ4v) is 6.66. The molecule has 1 amide bonds. The smallest absolute Gasteiger partial charge is 0.222 e. The first-order valence-corrected chi connectivity index (χ1v) is 13.8. The van der Waals surface area contributed by atoms with Crippen LogP contribution in [0.1, 0.15) is 50.7 Å². The summed E-state index contributed by atoms with van der Waals surface area (Å²) < 4.78 is 15.2. The molecule has 2 aromatic carbocycles. The van der Waals surface area contributed by atoms with Crippen molar-refractivity contribution in [2.24, 2.45) is 5.92 Å². The molecule has 7 heteroatoms.